The average molecular weight is 274 g/mol. The molecule has 2 aliphatic rings. The molecule has 0 aromatic carbocycles. The van der Waals surface area contributed by atoms with Crippen LogP contribution in [0.4, 0.5) is 0 Å². The molecule has 1 heterocycles. The van der Waals surface area contributed by atoms with Gasteiger partial charge in [-0.15, -0.1) is 0 Å². The summed E-state index contributed by atoms with van der Waals surface area (Å²) in [5.41, 5.74) is 0. The lowest BCUT2D eigenvalue weighted by Crippen LogP contribution is -2.39. The summed E-state index contributed by atoms with van der Waals surface area (Å²) in [4.78, 5) is 0. The Bertz CT molecular complexity index is 350. The highest BCUT2D eigenvalue weighted by atomic mass is 32.2. The normalized spacial score (nSPS) is 33.7. The van der Waals surface area contributed by atoms with Gasteiger partial charge in [-0.05, 0) is 51.0 Å². The van der Waals surface area contributed by atoms with Crippen molar-refractivity contribution >= 4 is 10.0 Å². The van der Waals surface area contributed by atoms with Crippen LogP contribution in [0, 0.1) is 5.92 Å². The molecule has 1 aliphatic heterocycles. The predicted molar refractivity (Wildman–Crippen MR) is 74.0 cm³/mol. The zero-order valence-corrected chi connectivity index (χ0v) is 12.1. The molecule has 1 saturated heterocycles. The summed E-state index contributed by atoms with van der Waals surface area (Å²) < 4.78 is 26.9. The number of nitrogens with one attached hydrogen (secondary N) is 2. The molecule has 106 valence electrons. The highest BCUT2D eigenvalue weighted by Crippen LogP contribution is 2.25. The average Bonchev–Trinajstić information content (AvgIpc) is 2.73. The van der Waals surface area contributed by atoms with E-state index in [1.165, 1.54) is 12.8 Å². The van der Waals surface area contributed by atoms with E-state index in [4.69, 9.17) is 0 Å². The Balaban J connectivity index is 1.73. The number of sulfonamides is 1. The fourth-order valence-corrected chi connectivity index (χ4v) is 4.53. The van der Waals surface area contributed by atoms with E-state index in [1.807, 2.05) is 0 Å². The Hall–Kier alpha value is -0.130. The lowest BCUT2D eigenvalue weighted by atomic mass is 10.0. The van der Waals surface area contributed by atoms with Crippen LogP contribution in [0.25, 0.3) is 0 Å². The van der Waals surface area contributed by atoms with Gasteiger partial charge in [0.2, 0.25) is 10.0 Å². The zero-order valence-electron chi connectivity index (χ0n) is 11.3. The first-order valence-electron chi connectivity index (χ1n) is 7.28. The molecule has 2 N–H and O–H groups in total. The molecule has 5 heteroatoms. The van der Waals surface area contributed by atoms with E-state index in [2.05, 4.69) is 17.0 Å². The Morgan fingerprint density at radius 1 is 1.22 bits per heavy atom. The van der Waals surface area contributed by atoms with Gasteiger partial charge in [-0.2, -0.15) is 0 Å². The SMILES string of the molecule is CC1CCC(NS(=O)(=O)CCC2CCCCN2)C1. The molecular weight excluding hydrogens is 248 g/mol. The number of rotatable bonds is 5. The summed E-state index contributed by atoms with van der Waals surface area (Å²) in [6.45, 7) is 3.23. The maximum Gasteiger partial charge on any atom is 0.211 e. The van der Waals surface area contributed by atoms with Gasteiger partial charge < -0.3 is 5.32 Å². The number of hydrogen-bond acceptors (Lipinski definition) is 3. The van der Waals surface area contributed by atoms with Gasteiger partial charge in [-0.1, -0.05) is 13.3 Å². The number of piperidine rings is 1. The minimum absolute atomic E-state index is 0.185. The van der Waals surface area contributed by atoms with Crippen LogP contribution in [0.5, 0.6) is 0 Å². The molecular formula is C13H26N2O2S. The van der Waals surface area contributed by atoms with Gasteiger partial charge in [-0.25, -0.2) is 13.1 Å². The van der Waals surface area contributed by atoms with Crippen molar-refractivity contribution in [2.75, 3.05) is 12.3 Å². The van der Waals surface area contributed by atoms with Gasteiger partial charge in [0.15, 0.2) is 0 Å². The molecule has 2 fully saturated rings. The van der Waals surface area contributed by atoms with E-state index in [0.29, 0.717) is 12.0 Å². The maximum atomic E-state index is 12.0. The topological polar surface area (TPSA) is 58.2 Å². The van der Waals surface area contributed by atoms with Gasteiger partial charge in [-0.3, -0.25) is 0 Å². The van der Waals surface area contributed by atoms with Crippen LogP contribution >= 0.6 is 0 Å². The van der Waals surface area contributed by atoms with Gasteiger partial charge >= 0.3 is 0 Å². The van der Waals surface area contributed by atoms with Crippen molar-refractivity contribution in [3.05, 3.63) is 0 Å². The molecule has 3 atom stereocenters. The Labute approximate surface area is 111 Å². The molecule has 18 heavy (non-hydrogen) atoms. The van der Waals surface area contributed by atoms with Gasteiger partial charge in [0.25, 0.3) is 0 Å². The molecule has 0 bridgehead atoms. The minimum Gasteiger partial charge on any atom is -0.314 e. The van der Waals surface area contributed by atoms with E-state index in [0.717, 1.165) is 38.6 Å². The van der Waals surface area contributed by atoms with Crippen LogP contribution in [0.3, 0.4) is 0 Å². The van der Waals surface area contributed by atoms with Crippen LogP contribution < -0.4 is 10.0 Å². The van der Waals surface area contributed by atoms with E-state index in [1.54, 1.807) is 0 Å². The summed E-state index contributed by atoms with van der Waals surface area (Å²) in [6.07, 6.45) is 7.47. The summed E-state index contributed by atoms with van der Waals surface area (Å²) in [5.74, 6) is 0.938. The van der Waals surface area contributed by atoms with Crippen LogP contribution in [-0.4, -0.2) is 32.8 Å². The molecule has 0 spiro atoms. The second-order valence-electron chi connectivity index (χ2n) is 5.99. The predicted octanol–water partition coefficient (Wildman–Crippen LogP) is 1.63. The smallest absolute Gasteiger partial charge is 0.211 e. The highest BCUT2D eigenvalue weighted by molar-refractivity contribution is 7.89. The number of hydrogen-bond donors (Lipinski definition) is 2. The molecule has 1 aliphatic carbocycles. The van der Waals surface area contributed by atoms with Gasteiger partial charge in [0.05, 0.1) is 5.75 Å². The Morgan fingerprint density at radius 3 is 2.67 bits per heavy atom. The molecule has 0 radical (unpaired) electrons. The first kappa shape index (κ1) is 14.3. The van der Waals surface area contributed by atoms with E-state index in [9.17, 15) is 8.42 Å². The van der Waals surface area contributed by atoms with Crippen molar-refractivity contribution in [3.63, 3.8) is 0 Å². The standard InChI is InChI=1S/C13H26N2O2S/c1-11-5-6-13(10-11)15-18(16,17)9-7-12-4-2-3-8-14-12/h11-15H,2-10H2,1H3. The molecule has 1 saturated carbocycles. The van der Waals surface area contributed by atoms with Crippen LogP contribution in [0.2, 0.25) is 0 Å². The van der Waals surface area contributed by atoms with Crippen LogP contribution in [0.15, 0.2) is 0 Å². The van der Waals surface area contributed by atoms with Gasteiger partial charge in [0.1, 0.15) is 0 Å². The quantitative estimate of drug-likeness (QED) is 0.801. The van der Waals surface area contributed by atoms with Crippen molar-refractivity contribution in [1.29, 1.82) is 0 Å². The minimum atomic E-state index is -3.08. The van der Waals surface area contributed by atoms with E-state index < -0.39 is 10.0 Å². The molecule has 3 unspecified atom stereocenters. The highest BCUT2D eigenvalue weighted by Gasteiger charge is 2.26. The fraction of sp³-hybridized carbons (Fsp3) is 1.00. The third-order valence-corrected chi connectivity index (χ3v) is 5.65. The molecule has 2 rings (SSSR count). The van der Waals surface area contributed by atoms with Crippen molar-refractivity contribution in [1.82, 2.24) is 10.0 Å². The first-order valence-corrected chi connectivity index (χ1v) is 8.94. The fourth-order valence-electron chi connectivity index (χ4n) is 3.09. The summed E-state index contributed by atoms with van der Waals surface area (Å²) in [6, 6.07) is 0.585. The molecule has 0 amide bonds. The maximum absolute atomic E-state index is 12.0. The van der Waals surface area contributed by atoms with Crippen molar-refractivity contribution in [2.45, 2.75) is 64.0 Å². The van der Waals surface area contributed by atoms with Crippen molar-refractivity contribution in [2.24, 2.45) is 5.92 Å². The Kier molecular flexibility index (Phi) is 5.04. The lowest BCUT2D eigenvalue weighted by Gasteiger charge is -2.23. The second kappa shape index (κ2) is 6.35. The third-order valence-electron chi connectivity index (χ3n) is 4.19. The monoisotopic (exact) mass is 274 g/mol. The van der Waals surface area contributed by atoms with E-state index in [-0.39, 0.29) is 11.8 Å². The largest absolute Gasteiger partial charge is 0.314 e. The summed E-state index contributed by atoms with van der Waals surface area (Å²) >= 11 is 0. The van der Waals surface area contributed by atoms with E-state index >= 15 is 0 Å². The van der Waals surface area contributed by atoms with Crippen LogP contribution in [-0.2, 0) is 10.0 Å². The van der Waals surface area contributed by atoms with Crippen LogP contribution in [0.1, 0.15) is 51.9 Å². The molecule has 0 aromatic heterocycles. The summed E-state index contributed by atoms with van der Waals surface area (Å²) in [5, 5.41) is 3.40. The zero-order chi connectivity index (χ0) is 13.0. The first-order chi connectivity index (χ1) is 8.55. The lowest BCUT2D eigenvalue weighted by molar-refractivity contribution is 0.392. The van der Waals surface area contributed by atoms with Gasteiger partial charge in [0, 0.05) is 12.1 Å². The van der Waals surface area contributed by atoms with Crippen molar-refractivity contribution < 1.29 is 8.42 Å². The molecule has 0 aromatic rings. The van der Waals surface area contributed by atoms with Crippen molar-refractivity contribution in [3.8, 4) is 0 Å². The second-order valence-corrected chi connectivity index (χ2v) is 7.86. The Morgan fingerprint density at radius 2 is 2.06 bits per heavy atom. The summed E-state index contributed by atoms with van der Waals surface area (Å²) in [7, 11) is -3.08. The molecule has 4 nitrogen and oxygen atoms in total. The third kappa shape index (κ3) is 4.52.